The van der Waals surface area contributed by atoms with Gasteiger partial charge in [-0.05, 0) is 13.3 Å². The molecule has 0 aliphatic rings. The van der Waals surface area contributed by atoms with Gasteiger partial charge in [0, 0.05) is 12.5 Å². The molecular weight excluding hydrogens is 280 g/mol. The summed E-state index contributed by atoms with van der Waals surface area (Å²) >= 11 is 0. The van der Waals surface area contributed by atoms with E-state index in [0.29, 0.717) is 12.1 Å². The van der Waals surface area contributed by atoms with Gasteiger partial charge in [-0.25, -0.2) is 9.78 Å². The number of H-pyrrole nitrogens is 1. The Morgan fingerprint density at radius 3 is 2.82 bits per heavy atom. The van der Waals surface area contributed by atoms with Crippen LogP contribution >= 0.6 is 0 Å². The lowest BCUT2D eigenvalue weighted by Crippen LogP contribution is -2.38. The molecule has 0 unspecified atom stereocenters. The van der Waals surface area contributed by atoms with Gasteiger partial charge in [-0.1, -0.05) is 31.6 Å². The number of hydrogen-bond donors (Lipinski definition) is 1. The van der Waals surface area contributed by atoms with Gasteiger partial charge < -0.3 is 4.98 Å². The molecule has 0 bridgehead atoms. The number of unbranched alkanes of at least 4 members (excludes halogenated alkanes) is 3. The highest BCUT2D eigenvalue weighted by Gasteiger charge is 2.13. The average Bonchev–Trinajstić information content (AvgIpc) is 2.99. The molecule has 0 radical (unpaired) electrons. The third kappa shape index (κ3) is 3.12. The van der Waals surface area contributed by atoms with Crippen LogP contribution in [0.5, 0.6) is 0 Å². The van der Waals surface area contributed by atoms with Crippen molar-refractivity contribution in [2.24, 2.45) is 0 Å². The van der Waals surface area contributed by atoms with Crippen molar-refractivity contribution in [3.63, 3.8) is 0 Å². The van der Waals surface area contributed by atoms with Crippen LogP contribution in [0, 0.1) is 23.8 Å². The van der Waals surface area contributed by atoms with Crippen molar-refractivity contribution < 1.29 is 0 Å². The number of nitrogens with one attached hydrogen (secondary N) is 1. The van der Waals surface area contributed by atoms with Gasteiger partial charge in [0.15, 0.2) is 11.2 Å². The molecule has 6 heteroatoms. The van der Waals surface area contributed by atoms with E-state index in [1.54, 1.807) is 6.92 Å². The zero-order valence-electron chi connectivity index (χ0n) is 12.8. The molecule has 22 heavy (non-hydrogen) atoms. The summed E-state index contributed by atoms with van der Waals surface area (Å²) in [6, 6.07) is 2.66. The number of aromatic nitrogens is 4. The Morgan fingerprint density at radius 2 is 2.09 bits per heavy atom. The Morgan fingerprint density at radius 1 is 1.27 bits per heavy atom. The number of nitrogens with zero attached hydrogens (tertiary/aromatic N) is 3. The molecular formula is C16H18N4O2. The molecule has 2 aromatic heterocycles. The van der Waals surface area contributed by atoms with Gasteiger partial charge in [0.25, 0.3) is 5.56 Å². The van der Waals surface area contributed by atoms with Crippen LogP contribution in [0.25, 0.3) is 11.2 Å². The summed E-state index contributed by atoms with van der Waals surface area (Å²) in [4.78, 5) is 31.5. The van der Waals surface area contributed by atoms with Crippen LogP contribution in [0.4, 0.5) is 0 Å². The minimum absolute atomic E-state index is 0.175. The zero-order chi connectivity index (χ0) is 15.9. The molecule has 0 fully saturated rings. The van der Waals surface area contributed by atoms with Crippen LogP contribution < -0.4 is 11.2 Å². The van der Waals surface area contributed by atoms with E-state index >= 15 is 0 Å². The van der Waals surface area contributed by atoms with Crippen molar-refractivity contribution in [2.75, 3.05) is 0 Å². The maximum atomic E-state index is 12.4. The van der Waals surface area contributed by atoms with Crippen LogP contribution in [0.1, 0.15) is 39.5 Å². The van der Waals surface area contributed by atoms with Crippen LogP contribution in [0.2, 0.25) is 0 Å². The minimum atomic E-state index is -0.504. The first kappa shape index (κ1) is 15.7. The molecule has 0 aliphatic heterocycles. The Hall–Kier alpha value is -2.73. The Kier molecular flexibility index (Phi) is 5.21. The molecule has 6 nitrogen and oxygen atoms in total. The quantitative estimate of drug-likeness (QED) is 0.683. The molecule has 0 amide bonds. The van der Waals surface area contributed by atoms with Crippen LogP contribution in [0.15, 0.2) is 15.9 Å². The molecule has 1 N–H and O–H groups in total. The Labute approximate surface area is 128 Å². The van der Waals surface area contributed by atoms with E-state index in [1.807, 2.05) is 0 Å². The second kappa shape index (κ2) is 7.33. The van der Waals surface area contributed by atoms with Crippen molar-refractivity contribution >= 4 is 11.2 Å². The van der Waals surface area contributed by atoms with Crippen molar-refractivity contribution in [3.8, 4) is 23.8 Å². The van der Waals surface area contributed by atoms with Crippen LogP contribution in [-0.2, 0) is 6.54 Å². The molecule has 0 saturated heterocycles. The second-order valence-electron chi connectivity index (χ2n) is 4.78. The van der Waals surface area contributed by atoms with E-state index in [4.69, 9.17) is 0 Å². The largest absolute Gasteiger partial charge is 0.345 e. The zero-order valence-corrected chi connectivity index (χ0v) is 12.8. The molecule has 0 aliphatic carbocycles. The number of fused-ring (bicyclic) bond motifs is 1. The molecule has 0 spiro atoms. The van der Waals surface area contributed by atoms with E-state index in [2.05, 4.69) is 40.7 Å². The Balaban J connectivity index is 2.51. The van der Waals surface area contributed by atoms with Gasteiger partial charge in [0.2, 0.25) is 0 Å². The lowest BCUT2D eigenvalue weighted by Gasteiger charge is -2.03. The van der Waals surface area contributed by atoms with E-state index in [-0.39, 0.29) is 12.1 Å². The molecule has 0 aromatic carbocycles. The summed E-state index contributed by atoms with van der Waals surface area (Å²) < 4.78 is 2.29. The minimum Gasteiger partial charge on any atom is -0.339 e. The molecule has 2 rings (SSSR count). The fourth-order valence-electron chi connectivity index (χ4n) is 2.06. The first-order chi connectivity index (χ1) is 10.7. The normalized spacial score (nSPS) is 9.91. The van der Waals surface area contributed by atoms with Gasteiger partial charge in [-0.3, -0.25) is 9.36 Å². The van der Waals surface area contributed by atoms with Crippen LogP contribution in [0.3, 0.4) is 0 Å². The lowest BCUT2D eigenvalue weighted by atomic mass is 10.2. The summed E-state index contributed by atoms with van der Waals surface area (Å²) in [6.07, 6.45) is 5.19. The summed E-state index contributed by atoms with van der Waals surface area (Å²) in [5.74, 6) is 8.43. The monoisotopic (exact) mass is 298 g/mol. The van der Waals surface area contributed by atoms with E-state index < -0.39 is 11.2 Å². The number of aromatic amines is 1. The standard InChI is InChI=1S/C16H18N4O2/c1-3-5-7-8-9-11-20-15(21)13-14(18-12-17-13)19(16(20)22)10-6-4-2/h12H,3,5,7-8,10H2,1-2H3,(H,17,18). The van der Waals surface area contributed by atoms with E-state index in [9.17, 15) is 9.59 Å². The Bertz CT molecular complexity index is 894. The molecule has 114 valence electrons. The molecule has 0 saturated carbocycles. The fraction of sp³-hybridized carbons (Fsp3) is 0.438. The smallest absolute Gasteiger partial charge is 0.339 e. The van der Waals surface area contributed by atoms with Crippen molar-refractivity contribution in [1.82, 2.24) is 19.1 Å². The molecule has 2 heterocycles. The highest BCUT2D eigenvalue weighted by Crippen LogP contribution is 2.00. The predicted octanol–water partition coefficient (Wildman–Crippen LogP) is 1.30. The lowest BCUT2D eigenvalue weighted by molar-refractivity contribution is 0.729. The van der Waals surface area contributed by atoms with Crippen molar-refractivity contribution in [1.29, 1.82) is 0 Å². The van der Waals surface area contributed by atoms with Gasteiger partial charge >= 0.3 is 5.69 Å². The van der Waals surface area contributed by atoms with Crippen LogP contribution in [-0.4, -0.2) is 19.1 Å². The number of imidazole rings is 1. The number of rotatable bonds is 4. The fourth-order valence-corrected chi connectivity index (χ4v) is 2.06. The summed E-state index contributed by atoms with van der Waals surface area (Å²) in [6.45, 7) is 3.97. The summed E-state index contributed by atoms with van der Waals surface area (Å²) in [5, 5.41) is 0. The predicted molar refractivity (Wildman–Crippen MR) is 85.4 cm³/mol. The SMILES string of the molecule is CC#CCn1c(=O)n(C#CCCCCC)c(=O)c2[nH]cnc21. The topological polar surface area (TPSA) is 72.7 Å². The van der Waals surface area contributed by atoms with E-state index in [0.717, 1.165) is 23.8 Å². The van der Waals surface area contributed by atoms with Gasteiger partial charge in [-0.15, -0.1) is 5.92 Å². The summed E-state index contributed by atoms with van der Waals surface area (Å²) in [7, 11) is 0. The van der Waals surface area contributed by atoms with Crippen molar-refractivity contribution in [3.05, 3.63) is 27.2 Å². The molecule has 2 aromatic rings. The maximum Gasteiger partial charge on any atom is 0.345 e. The van der Waals surface area contributed by atoms with Gasteiger partial charge in [-0.2, -0.15) is 4.57 Å². The third-order valence-electron chi connectivity index (χ3n) is 3.22. The number of hydrogen-bond acceptors (Lipinski definition) is 3. The van der Waals surface area contributed by atoms with Gasteiger partial charge in [0.05, 0.1) is 12.9 Å². The second-order valence-corrected chi connectivity index (χ2v) is 4.78. The first-order valence-corrected chi connectivity index (χ1v) is 7.28. The third-order valence-corrected chi connectivity index (χ3v) is 3.22. The maximum absolute atomic E-state index is 12.4. The van der Waals surface area contributed by atoms with E-state index in [1.165, 1.54) is 10.9 Å². The first-order valence-electron chi connectivity index (χ1n) is 7.28. The molecule has 0 atom stereocenters. The van der Waals surface area contributed by atoms with Crippen molar-refractivity contribution in [2.45, 2.75) is 46.1 Å². The highest BCUT2D eigenvalue weighted by molar-refractivity contribution is 5.69. The summed E-state index contributed by atoms with van der Waals surface area (Å²) in [5.41, 5.74) is -0.404. The van der Waals surface area contributed by atoms with Gasteiger partial charge in [0.1, 0.15) is 0 Å². The average molecular weight is 298 g/mol. The highest BCUT2D eigenvalue weighted by atomic mass is 16.2.